The van der Waals surface area contributed by atoms with Crippen LogP contribution in [0.3, 0.4) is 0 Å². The Morgan fingerprint density at radius 1 is 1.35 bits per heavy atom. The van der Waals surface area contributed by atoms with Crippen LogP contribution in [0, 0.1) is 0 Å². The van der Waals surface area contributed by atoms with E-state index in [4.69, 9.17) is 9.84 Å². The molecule has 20 heavy (non-hydrogen) atoms. The topological polar surface area (TPSA) is 104 Å². The zero-order valence-corrected chi connectivity index (χ0v) is 10.3. The fourth-order valence-electron chi connectivity index (χ4n) is 2.01. The molecule has 2 heterocycles. The molecule has 1 amide bonds. The number of carbonyl (C=O) groups excluding carboxylic acids is 1. The molecule has 0 saturated carbocycles. The van der Waals surface area contributed by atoms with Crippen LogP contribution < -0.4 is 10.1 Å². The van der Waals surface area contributed by atoms with Crippen LogP contribution in [0.15, 0.2) is 24.3 Å². The van der Waals surface area contributed by atoms with Gasteiger partial charge < -0.3 is 15.2 Å². The average molecular weight is 273 g/mol. The number of carboxylic acids is 1. The maximum Gasteiger partial charge on any atom is 0.353 e. The fraction of sp³-hybridized carbons (Fsp3) is 0.154. The first kappa shape index (κ1) is 12.2. The Morgan fingerprint density at radius 3 is 2.95 bits per heavy atom. The Kier molecular flexibility index (Phi) is 2.86. The first-order chi connectivity index (χ1) is 9.63. The van der Waals surface area contributed by atoms with Crippen LogP contribution >= 0.6 is 0 Å². The molecule has 3 N–H and O–H groups in total. The number of anilines is 1. The third-order valence-electron chi connectivity index (χ3n) is 3.00. The van der Waals surface area contributed by atoms with E-state index in [0.29, 0.717) is 12.2 Å². The smallest absolute Gasteiger partial charge is 0.353 e. The largest absolute Gasteiger partial charge is 0.493 e. The Hall–Kier alpha value is -2.83. The van der Waals surface area contributed by atoms with Crippen LogP contribution in [-0.2, 0) is 6.42 Å². The van der Waals surface area contributed by atoms with Gasteiger partial charge in [0.1, 0.15) is 11.4 Å². The molecule has 1 aliphatic rings. The van der Waals surface area contributed by atoms with Crippen molar-refractivity contribution in [2.24, 2.45) is 0 Å². The highest BCUT2D eigenvalue weighted by atomic mass is 16.5. The number of carboxylic acid groups (broad SMARTS) is 1. The van der Waals surface area contributed by atoms with E-state index in [9.17, 15) is 9.59 Å². The minimum Gasteiger partial charge on any atom is -0.493 e. The molecule has 1 aromatic carbocycles. The first-order valence-electron chi connectivity index (χ1n) is 5.99. The zero-order valence-electron chi connectivity index (χ0n) is 10.3. The standard InChI is InChI=1S/C13H11N3O4/c17-12(14-11-6-9(13(18)19)15-16-11)8-1-2-10-7(5-8)3-4-20-10/h1-2,5-6H,3-4H2,(H,18,19)(H2,14,15,16,17). The molecule has 0 saturated heterocycles. The number of amides is 1. The second-order valence-corrected chi connectivity index (χ2v) is 4.35. The van der Waals surface area contributed by atoms with Crippen molar-refractivity contribution in [3.05, 3.63) is 41.1 Å². The van der Waals surface area contributed by atoms with Crippen molar-refractivity contribution < 1.29 is 19.4 Å². The highest BCUT2D eigenvalue weighted by molar-refractivity contribution is 6.04. The summed E-state index contributed by atoms with van der Waals surface area (Å²) in [5, 5.41) is 17.3. The van der Waals surface area contributed by atoms with Gasteiger partial charge in [-0.2, -0.15) is 5.10 Å². The van der Waals surface area contributed by atoms with Gasteiger partial charge in [-0.25, -0.2) is 4.79 Å². The number of benzene rings is 1. The molecule has 1 aromatic heterocycles. The van der Waals surface area contributed by atoms with Gasteiger partial charge in [0.2, 0.25) is 0 Å². The number of hydrogen-bond acceptors (Lipinski definition) is 4. The Morgan fingerprint density at radius 2 is 2.20 bits per heavy atom. The van der Waals surface area contributed by atoms with E-state index >= 15 is 0 Å². The monoisotopic (exact) mass is 273 g/mol. The molecule has 7 nitrogen and oxygen atoms in total. The lowest BCUT2D eigenvalue weighted by Gasteiger charge is -2.04. The van der Waals surface area contributed by atoms with Gasteiger partial charge in [-0.1, -0.05) is 0 Å². The minimum absolute atomic E-state index is 0.0809. The molecule has 7 heteroatoms. The lowest BCUT2D eigenvalue weighted by molar-refractivity contribution is 0.0690. The van der Waals surface area contributed by atoms with Crippen LogP contribution in [0.2, 0.25) is 0 Å². The van der Waals surface area contributed by atoms with Crippen molar-refractivity contribution in [1.29, 1.82) is 0 Å². The number of ether oxygens (including phenoxy) is 1. The van der Waals surface area contributed by atoms with E-state index in [1.165, 1.54) is 6.07 Å². The molecular formula is C13H11N3O4. The summed E-state index contributed by atoms with van der Waals surface area (Å²) in [6.07, 6.45) is 0.780. The number of fused-ring (bicyclic) bond motifs is 1. The van der Waals surface area contributed by atoms with E-state index in [1.807, 2.05) is 0 Å². The minimum atomic E-state index is -1.13. The van der Waals surface area contributed by atoms with Gasteiger partial charge in [-0.3, -0.25) is 9.89 Å². The van der Waals surface area contributed by atoms with Gasteiger partial charge in [-0.05, 0) is 23.8 Å². The van der Waals surface area contributed by atoms with Crippen molar-refractivity contribution in [2.75, 3.05) is 11.9 Å². The predicted octanol–water partition coefficient (Wildman–Crippen LogP) is 1.30. The predicted molar refractivity (Wildman–Crippen MR) is 69.1 cm³/mol. The fourth-order valence-corrected chi connectivity index (χ4v) is 2.01. The summed E-state index contributed by atoms with van der Waals surface area (Å²) in [6, 6.07) is 6.44. The molecule has 0 atom stereocenters. The van der Waals surface area contributed by atoms with Crippen LogP contribution in [0.25, 0.3) is 0 Å². The number of aromatic amines is 1. The Balaban J connectivity index is 1.77. The van der Waals surface area contributed by atoms with Crippen molar-refractivity contribution in [1.82, 2.24) is 10.2 Å². The number of nitrogens with zero attached hydrogens (tertiary/aromatic N) is 1. The lowest BCUT2D eigenvalue weighted by Crippen LogP contribution is -2.12. The van der Waals surface area contributed by atoms with Gasteiger partial charge in [-0.15, -0.1) is 0 Å². The molecule has 0 unspecified atom stereocenters. The summed E-state index contributed by atoms with van der Waals surface area (Å²) in [7, 11) is 0. The Bertz CT molecular complexity index is 693. The summed E-state index contributed by atoms with van der Waals surface area (Å²) in [4.78, 5) is 22.7. The number of nitrogens with one attached hydrogen (secondary N) is 2. The lowest BCUT2D eigenvalue weighted by atomic mass is 10.1. The molecule has 0 spiro atoms. The van der Waals surface area contributed by atoms with Gasteiger partial charge in [0, 0.05) is 18.1 Å². The average Bonchev–Trinajstić information content (AvgIpc) is 3.05. The van der Waals surface area contributed by atoms with Crippen molar-refractivity contribution in [3.63, 3.8) is 0 Å². The molecule has 1 aliphatic heterocycles. The normalized spacial score (nSPS) is 12.6. The number of rotatable bonds is 3. The van der Waals surface area contributed by atoms with Crippen LogP contribution in [-0.4, -0.2) is 33.8 Å². The zero-order chi connectivity index (χ0) is 14.1. The molecule has 2 aromatic rings. The molecule has 3 rings (SSSR count). The third kappa shape index (κ3) is 2.20. The second-order valence-electron chi connectivity index (χ2n) is 4.35. The molecule has 0 fully saturated rings. The van der Waals surface area contributed by atoms with E-state index in [1.54, 1.807) is 18.2 Å². The SMILES string of the molecule is O=C(Nc1cc(C(=O)O)[nH]n1)c1ccc2c(c1)CCO2. The number of aromatic nitrogens is 2. The van der Waals surface area contributed by atoms with Crippen molar-refractivity contribution in [3.8, 4) is 5.75 Å². The van der Waals surface area contributed by atoms with E-state index in [-0.39, 0.29) is 17.4 Å². The van der Waals surface area contributed by atoms with Crippen LogP contribution in [0.1, 0.15) is 26.4 Å². The molecule has 0 aliphatic carbocycles. The van der Waals surface area contributed by atoms with E-state index < -0.39 is 5.97 Å². The Labute approximate surface area is 113 Å². The van der Waals surface area contributed by atoms with Crippen molar-refractivity contribution >= 4 is 17.7 Å². The van der Waals surface area contributed by atoms with E-state index in [0.717, 1.165) is 17.7 Å². The molecular weight excluding hydrogens is 262 g/mol. The maximum atomic E-state index is 12.0. The van der Waals surface area contributed by atoms with Crippen LogP contribution in [0.4, 0.5) is 5.82 Å². The summed E-state index contributed by atoms with van der Waals surface area (Å²) in [6.45, 7) is 0.627. The maximum absolute atomic E-state index is 12.0. The van der Waals surface area contributed by atoms with Crippen LogP contribution in [0.5, 0.6) is 5.75 Å². The highest BCUT2D eigenvalue weighted by Crippen LogP contribution is 2.26. The number of H-pyrrole nitrogens is 1. The van der Waals surface area contributed by atoms with Gasteiger partial charge >= 0.3 is 5.97 Å². The summed E-state index contributed by atoms with van der Waals surface area (Å²) < 4.78 is 5.37. The highest BCUT2D eigenvalue weighted by Gasteiger charge is 2.16. The summed E-state index contributed by atoms with van der Waals surface area (Å²) in [5.41, 5.74) is 1.39. The molecule has 0 radical (unpaired) electrons. The van der Waals surface area contributed by atoms with Gasteiger partial charge in [0.15, 0.2) is 5.82 Å². The third-order valence-corrected chi connectivity index (χ3v) is 3.00. The summed E-state index contributed by atoms with van der Waals surface area (Å²) >= 11 is 0. The quantitative estimate of drug-likeness (QED) is 0.781. The van der Waals surface area contributed by atoms with Crippen molar-refractivity contribution in [2.45, 2.75) is 6.42 Å². The van der Waals surface area contributed by atoms with Gasteiger partial charge in [0.25, 0.3) is 5.91 Å². The number of aromatic carboxylic acids is 1. The number of hydrogen-bond donors (Lipinski definition) is 3. The molecule has 0 bridgehead atoms. The van der Waals surface area contributed by atoms with E-state index in [2.05, 4.69) is 15.5 Å². The van der Waals surface area contributed by atoms with Gasteiger partial charge in [0.05, 0.1) is 6.61 Å². The second kappa shape index (κ2) is 4.69. The first-order valence-corrected chi connectivity index (χ1v) is 5.99. The summed E-state index contributed by atoms with van der Waals surface area (Å²) in [5.74, 6) is -0.505. The molecule has 102 valence electrons. The number of carbonyl (C=O) groups is 2.